The first-order valence-electron chi connectivity index (χ1n) is 13.6. The van der Waals surface area contributed by atoms with Crippen molar-refractivity contribution in [1.29, 1.82) is 0 Å². The van der Waals surface area contributed by atoms with Gasteiger partial charge in [-0.2, -0.15) is 0 Å². The summed E-state index contributed by atoms with van der Waals surface area (Å²) in [5.41, 5.74) is 5.55. The third-order valence-electron chi connectivity index (χ3n) is 7.26. The molecule has 3 aromatic rings. The molecule has 1 aliphatic carbocycles. The van der Waals surface area contributed by atoms with Crippen LogP contribution in [-0.2, 0) is 25.7 Å². The van der Waals surface area contributed by atoms with E-state index in [1.807, 2.05) is 54.6 Å². The number of amides is 2. The van der Waals surface area contributed by atoms with Crippen LogP contribution in [0, 0.1) is 5.92 Å². The van der Waals surface area contributed by atoms with Crippen LogP contribution >= 0.6 is 0 Å². The maximum atomic E-state index is 12.7. The number of ether oxygens (including phenoxy) is 2. The maximum Gasteiger partial charge on any atom is 0.407 e. The second-order valence-electron chi connectivity index (χ2n) is 10.1. The molecule has 40 heavy (non-hydrogen) atoms. The molecular formula is C32H36N2O6. The van der Waals surface area contributed by atoms with Crippen LogP contribution in [0.4, 0.5) is 4.79 Å². The van der Waals surface area contributed by atoms with E-state index in [-0.39, 0.29) is 25.0 Å². The minimum Gasteiger partial charge on any atom is -0.480 e. The lowest BCUT2D eigenvalue weighted by Gasteiger charge is -2.23. The summed E-state index contributed by atoms with van der Waals surface area (Å²) in [5, 5.41) is 15.0. The largest absolute Gasteiger partial charge is 0.480 e. The Morgan fingerprint density at radius 3 is 2.10 bits per heavy atom. The summed E-state index contributed by atoms with van der Waals surface area (Å²) >= 11 is 0. The Morgan fingerprint density at radius 1 is 0.875 bits per heavy atom. The molecule has 0 aromatic heterocycles. The highest BCUT2D eigenvalue weighted by atomic mass is 16.5. The molecule has 8 nitrogen and oxygen atoms in total. The highest BCUT2D eigenvalue weighted by Gasteiger charge is 2.30. The van der Waals surface area contributed by atoms with Crippen molar-refractivity contribution >= 4 is 18.0 Å². The molecule has 3 aromatic carbocycles. The van der Waals surface area contributed by atoms with Crippen LogP contribution in [0.2, 0.25) is 0 Å². The Balaban J connectivity index is 1.17. The highest BCUT2D eigenvalue weighted by Crippen LogP contribution is 2.44. The zero-order chi connectivity index (χ0) is 28.5. The lowest BCUT2D eigenvalue weighted by molar-refractivity contribution is -0.147. The first kappa shape index (κ1) is 28.8. The van der Waals surface area contributed by atoms with Gasteiger partial charge in [0.2, 0.25) is 5.91 Å². The van der Waals surface area contributed by atoms with E-state index in [0.29, 0.717) is 19.4 Å². The molecule has 0 radical (unpaired) electrons. The number of benzene rings is 3. The molecule has 0 aliphatic heterocycles. The molecule has 0 saturated heterocycles. The summed E-state index contributed by atoms with van der Waals surface area (Å²) in [6.45, 7) is 4.19. The minimum atomic E-state index is -1.17. The summed E-state index contributed by atoms with van der Waals surface area (Å²) in [6.07, 6.45) is -0.212. The van der Waals surface area contributed by atoms with Gasteiger partial charge >= 0.3 is 12.1 Å². The molecule has 3 N–H and O–H groups in total. The van der Waals surface area contributed by atoms with Crippen molar-refractivity contribution in [3.63, 3.8) is 0 Å². The van der Waals surface area contributed by atoms with Gasteiger partial charge in [0.15, 0.2) is 6.04 Å². The number of carbonyl (C=O) groups excluding carboxylic acids is 2. The molecule has 8 heteroatoms. The lowest BCUT2D eigenvalue weighted by Crippen LogP contribution is -2.50. The molecule has 0 spiro atoms. The van der Waals surface area contributed by atoms with Crippen LogP contribution in [-0.4, -0.2) is 48.4 Å². The predicted molar refractivity (Wildman–Crippen MR) is 152 cm³/mol. The number of fused-ring (bicyclic) bond motifs is 3. The van der Waals surface area contributed by atoms with Gasteiger partial charge in [0.1, 0.15) is 6.61 Å². The van der Waals surface area contributed by atoms with E-state index < -0.39 is 30.1 Å². The second-order valence-corrected chi connectivity index (χ2v) is 10.1. The average molecular weight is 545 g/mol. The Morgan fingerprint density at radius 2 is 1.48 bits per heavy atom. The summed E-state index contributed by atoms with van der Waals surface area (Å²) < 4.78 is 11.2. The SMILES string of the molecule is CC(CCCNC(=O)OCC1c2ccccc2-c2ccccc21)C(=O)N[C@@H](C(=O)O)[C@H](C)OCc1ccccc1. The minimum absolute atomic E-state index is 0.0110. The number of nitrogens with one attached hydrogen (secondary N) is 2. The fraction of sp³-hybridized carbons (Fsp3) is 0.344. The van der Waals surface area contributed by atoms with Crippen molar-refractivity contribution in [2.24, 2.45) is 5.92 Å². The van der Waals surface area contributed by atoms with Crippen LogP contribution < -0.4 is 10.6 Å². The number of hydrogen-bond acceptors (Lipinski definition) is 5. The van der Waals surface area contributed by atoms with Crippen molar-refractivity contribution in [3.05, 3.63) is 95.6 Å². The first-order chi connectivity index (χ1) is 19.3. The average Bonchev–Trinajstić information content (AvgIpc) is 3.29. The van der Waals surface area contributed by atoms with Crippen LogP contribution in [0.1, 0.15) is 49.3 Å². The molecule has 0 bridgehead atoms. The molecule has 0 saturated carbocycles. The molecule has 3 atom stereocenters. The topological polar surface area (TPSA) is 114 Å². The van der Waals surface area contributed by atoms with Gasteiger partial charge in [-0.15, -0.1) is 0 Å². The Labute approximate surface area is 234 Å². The number of rotatable bonds is 13. The Kier molecular flexibility index (Phi) is 9.91. The van der Waals surface area contributed by atoms with Gasteiger partial charge < -0.3 is 25.2 Å². The zero-order valence-corrected chi connectivity index (χ0v) is 22.8. The van der Waals surface area contributed by atoms with Crippen molar-refractivity contribution in [2.75, 3.05) is 13.2 Å². The fourth-order valence-electron chi connectivity index (χ4n) is 4.95. The fourth-order valence-corrected chi connectivity index (χ4v) is 4.95. The molecule has 2 amide bonds. The Bertz CT molecular complexity index is 1270. The first-order valence-corrected chi connectivity index (χ1v) is 13.6. The van der Waals surface area contributed by atoms with Gasteiger partial charge in [-0.25, -0.2) is 9.59 Å². The Hall–Kier alpha value is -4.17. The van der Waals surface area contributed by atoms with Crippen molar-refractivity contribution in [3.8, 4) is 11.1 Å². The summed E-state index contributed by atoms with van der Waals surface area (Å²) in [7, 11) is 0. The third-order valence-corrected chi connectivity index (χ3v) is 7.26. The number of carbonyl (C=O) groups is 3. The predicted octanol–water partition coefficient (Wildman–Crippen LogP) is 5.12. The van der Waals surface area contributed by atoms with E-state index in [2.05, 4.69) is 34.9 Å². The van der Waals surface area contributed by atoms with Crippen molar-refractivity contribution in [1.82, 2.24) is 10.6 Å². The van der Waals surface area contributed by atoms with Crippen LogP contribution in [0.3, 0.4) is 0 Å². The van der Waals surface area contributed by atoms with Crippen LogP contribution in [0.15, 0.2) is 78.9 Å². The van der Waals surface area contributed by atoms with Crippen molar-refractivity contribution in [2.45, 2.75) is 51.4 Å². The van der Waals surface area contributed by atoms with E-state index in [9.17, 15) is 19.5 Å². The van der Waals surface area contributed by atoms with Gasteiger partial charge in [-0.05, 0) is 47.6 Å². The maximum absolute atomic E-state index is 12.7. The number of carboxylic acid groups (broad SMARTS) is 1. The standard InChI is InChI=1S/C32H36N2O6/c1-21(30(35)34-29(31(36)37)22(2)39-19-23-12-4-3-5-13-23)11-10-18-33-32(38)40-20-28-26-16-8-6-14-24(26)25-15-7-9-17-27(25)28/h3-9,12-17,21-22,28-29H,10-11,18-20H2,1-2H3,(H,33,38)(H,34,35)(H,36,37)/t21?,22-,29+/m0/s1. The molecule has 1 aliphatic rings. The van der Waals surface area contributed by atoms with E-state index in [1.54, 1.807) is 13.8 Å². The van der Waals surface area contributed by atoms with Crippen LogP contribution in [0.5, 0.6) is 0 Å². The van der Waals surface area contributed by atoms with Gasteiger partial charge in [0.05, 0.1) is 12.7 Å². The number of alkyl carbamates (subject to hydrolysis) is 1. The molecule has 0 fully saturated rings. The molecule has 210 valence electrons. The monoisotopic (exact) mass is 544 g/mol. The number of aliphatic carboxylic acids is 1. The molecule has 0 heterocycles. The smallest absolute Gasteiger partial charge is 0.407 e. The second kappa shape index (κ2) is 13.8. The summed E-state index contributed by atoms with van der Waals surface area (Å²) in [5.74, 6) is -1.97. The zero-order valence-electron chi connectivity index (χ0n) is 22.8. The normalized spacial score (nSPS) is 14.3. The molecule has 1 unspecified atom stereocenters. The quantitative estimate of drug-likeness (QED) is 0.258. The van der Waals surface area contributed by atoms with Gasteiger partial charge in [-0.1, -0.05) is 85.8 Å². The van der Waals surface area contributed by atoms with Gasteiger partial charge in [-0.3, -0.25) is 4.79 Å². The molecular weight excluding hydrogens is 508 g/mol. The third kappa shape index (κ3) is 7.27. The molecule has 4 rings (SSSR count). The van der Waals surface area contributed by atoms with E-state index >= 15 is 0 Å². The summed E-state index contributed by atoms with van der Waals surface area (Å²) in [6, 6.07) is 24.6. The number of hydrogen-bond donors (Lipinski definition) is 3. The van der Waals surface area contributed by atoms with E-state index in [4.69, 9.17) is 9.47 Å². The van der Waals surface area contributed by atoms with Gasteiger partial charge in [0, 0.05) is 18.4 Å². The lowest BCUT2D eigenvalue weighted by atomic mass is 9.98. The van der Waals surface area contributed by atoms with Gasteiger partial charge in [0.25, 0.3) is 0 Å². The van der Waals surface area contributed by atoms with Crippen LogP contribution in [0.25, 0.3) is 11.1 Å². The van der Waals surface area contributed by atoms with E-state index in [1.165, 1.54) is 11.1 Å². The number of carboxylic acids is 1. The highest BCUT2D eigenvalue weighted by molar-refractivity contribution is 5.85. The van der Waals surface area contributed by atoms with E-state index in [0.717, 1.165) is 16.7 Å². The summed E-state index contributed by atoms with van der Waals surface area (Å²) in [4.78, 5) is 36.8. The van der Waals surface area contributed by atoms with Crippen molar-refractivity contribution < 1.29 is 29.0 Å².